The molecule has 106 valence electrons. The first-order valence-electron chi connectivity index (χ1n) is 5.91. The number of rotatable bonds is 9. The summed E-state index contributed by atoms with van der Waals surface area (Å²) in [6, 6.07) is 0. The Morgan fingerprint density at radius 3 is 0.812 bits per heavy atom. The Kier molecular flexibility index (Phi) is 56.9. The first kappa shape index (κ1) is 30.4. The molecule has 0 spiro atoms. The normalized spacial score (nSPS) is 7.88. The molecule has 0 aliphatic heterocycles. The van der Waals surface area contributed by atoms with E-state index in [9.17, 15) is 0 Å². The molecule has 0 aliphatic carbocycles. The third-order valence-electron chi connectivity index (χ3n) is 2.46. The molecule has 16 heavy (non-hydrogen) atoms. The Bertz CT molecular complexity index is 73.4. The van der Waals surface area contributed by atoms with Crippen LogP contribution < -0.4 is 12.3 Å². The van der Waals surface area contributed by atoms with Crippen LogP contribution in [-0.4, -0.2) is 0 Å². The van der Waals surface area contributed by atoms with Gasteiger partial charge in [0.25, 0.3) is 0 Å². The van der Waals surface area contributed by atoms with Gasteiger partial charge in [0.05, 0.1) is 0 Å². The largest absolute Gasteiger partial charge is 0.344 e. The van der Waals surface area contributed by atoms with Gasteiger partial charge in [-0.25, -0.2) is 0 Å². The zero-order valence-corrected chi connectivity index (χ0v) is 16.0. The molecule has 0 atom stereocenters. The molecule has 2 nitrogen and oxygen atoms in total. The second-order valence-electron chi connectivity index (χ2n) is 3.83. The van der Waals surface area contributed by atoms with Crippen LogP contribution in [0.25, 0.3) is 0 Å². The molecule has 0 saturated heterocycles. The van der Waals surface area contributed by atoms with E-state index in [1.165, 1.54) is 64.2 Å². The summed E-state index contributed by atoms with van der Waals surface area (Å²) in [5.74, 6) is 0. The van der Waals surface area contributed by atoms with Crippen LogP contribution in [0.4, 0.5) is 0 Å². The highest BCUT2D eigenvalue weighted by Crippen LogP contribution is 2.09. The molecular weight excluding hydrogens is 426 g/mol. The highest BCUT2D eigenvalue weighted by atomic mass is 127. The molecule has 0 saturated carbocycles. The van der Waals surface area contributed by atoms with Crippen LogP contribution in [0.3, 0.4) is 0 Å². The van der Waals surface area contributed by atoms with E-state index in [-0.39, 0.29) is 60.3 Å². The van der Waals surface area contributed by atoms with Gasteiger partial charge in [-0.1, -0.05) is 78.1 Å². The van der Waals surface area contributed by atoms with Crippen LogP contribution in [0.15, 0.2) is 0 Å². The van der Waals surface area contributed by atoms with Crippen molar-refractivity contribution in [3.8, 4) is 0 Å². The fourth-order valence-corrected chi connectivity index (χ4v) is 1.56. The van der Waals surface area contributed by atoms with Crippen molar-refractivity contribution in [2.45, 2.75) is 78.1 Å². The maximum Gasteiger partial charge on any atom is -0.0533 e. The van der Waals surface area contributed by atoms with Crippen molar-refractivity contribution in [1.29, 1.82) is 0 Å². The van der Waals surface area contributed by atoms with Crippen LogP contribution in [0, 0.1) is 0 Å². The van der Waals surface area contributed by atoms with Crippen molar-refractivity contribution < 1.29 is 0 Å². The summed E-state index contributed by atoms with van der Waals surface area (Å²) in [4.78, 5) is 0. The molecule has 0 amide bonds. The van der Waals surface area contributed by atoms with Crippen molar-refractivity contribution in [3.63, 3.8) is 0 Å². The molecule has 0 heterocycles. The Morgan fingerprint density at radius 2 is 0.625 bits per heavy atom. The van der Waals surface area contributed by atoms with Crippen LogP contribution >= 0.6 is 48.0 Å². The lowest BCUT2D eigenvalue weighted by molar-refractivity contribution is 0.562. The quantitative estimate of drug-likeness (QED) is 0.305. The van der Waals surface area contributed by atoms with E-state index in [0.29, 0.717) is 0 Å². The van der Waals surface area contributed by atoms with E-state index >= 15 is 0 Å². The lowest BCUT2D eigenvalue weighted by Gasteiger charge is -1.99. The molecule has 6 N–H and O–H groups in total. The lowest BCUT2D eigenvalue weighted by atomic mass is 10.1. The Labute approximate surface area is 137 Å². The third-order valence-corrected chi connectivity index (χ3v) is 2.46. The predicted molar refractivity (Wildman–Crippen MR) is 98.4 cm³/mol. The summed E-state index contributed by atoms with van der Waals surface area (Å²) in [6.07, 6.45) is 14.4. The zero-order chi connectivity index (χ0) is 9.07. The molecule has 4 heteroatoms. The molecule has 0 radical (unpaired) electrons. The topological polar surface area (TPSA) is 70.0 Å². The van der Waals surface area contributed by atoms with Crippen LogP contribution in [0.1, 0.15) is 78.1 Å². The summed E-state index contributed by atoms with van der Waals surface area (Å²) in [7, 11) is 0. The molecule has 0 aromatic carbocycles. The highest BCUT2D eigenvalue weighted by Gasteiger charge is 1.90. The van der Waals surface area contributed by atoms with E-state index in [4.69, 9.17) is 0 Å². The smallest absolute Gasteiger partial charge is 0.0533 e. The SMILES string of the molecule is CCCCCCCCCCCC.I.I.N.N. The third kappa shape index (κ3) is 29.5. The van der Waals surface area contributed by atoms with E-state index in [1.54, 1.807) is 0 Å². The van der Waals surface area contributed by atoms with E-state index in [2.05, 4.69) is 13.8 Å². The van der Waals surface area contributed by atoms with Crippen molar-refractivity contribution in [1.82, 2.24) is 12.3 Å². The van der Waals surface area contributed by atoms with E-state index in [0.717, 1.165) is 0 Å². The van der Waals surface area contributed by atoms with E-state index in [1.807, 2.05) is 0 Å². The Balaban J connectivity index is -0.000000101. The number of hydrogen-bond acceptors (Lipinski definition) is 2. The summed E-state index contributed by atoms with van der Waals surface area (Å²) >= 11 is 0. The van der Waals surface area contributed by atoms with Crippen LogP contribution in [0.2, 0.25) is 0 Å². The monoisotopic (exact) mass is 460 g/mol. The second-order valence-corrected chi connectivity index (χ2v) is 3.83. The lowest BCUT2D eigenvalue weighted by Crippen LogP contribution is -1.80. The number of unbranched alkanes of at least 4 members (excludes halogenated alkanes) is 9. The highest BCUT2D eigenvalue weighted by molar-refractivity contribution is 14.0. The predicted octanol–water partition coefficient (Wildman–Crippen LogP) is 6.49. The number of hydrogen-bond donors (Lipinski definition) is 2. The fourth-order valence-electron chi connectivity index (χ4n) is 1.56. The first-order valence-corrected chi connectivity index (χ1v) is 5.91. The van der Waals surface area contributed by atoms with Crippen LogP contribution in [0.5, 0.6) is 0 Å². The minimum atomic E-state index is 0. The first-order chi connectivity index (χ1) is 5.91. The zero-order valence-electron chi connectivity index (χ0n) is 11.3. The standard InChI is InChI=1S/C12H26.2HI.2H3N/c1-3-5-7-9-11-12-10-8-6-4-2;;;;/h3-12H2,1-2H3;2*1H;2*1H3. The molecule has 0 unspecified atom stereocenters. The van der Waals surface area contributed by atoms with Gasteiger partial charge < -0.3 is 12.3 Å². The maximum absolute atomic E-state index is 2.28. The van der Waals surface area contributed by atoms with Gasteiger partial charge in [0.1, 0.15) is 0 Å². The average Bonchev–Trinajstić information content (AvgIpc) is 2.10. The van der Waals surface area contributed by atoms with Gasteiger partial charge in [0, 0.05) is 0 Å². The minimum Gasteiger partial charge on any atom is -0.344 e. The minimum absolute atomic E-state index is 0. The second kappa shape index (κ2) is 29.9. The molecule has 0 bridgehead atoms. The average molecular weight is 460 g/mol. The van der Waals surface area contributed by atoms with Crippen molar-refractivity contribution >= 4 is 48.0 Å². The van der Waals surface area contributed by atoms with Crippen molar-refractivity contribution in [3.05, 3.63) is 0 Å². The van der Waals surface area contributed by atoms with Crippen molar-refractivity contribution in [2.75, 3.05) is 0 Å². The molecule has 0 fully saturated rings. The van der Waals surface area contributed by atoms with Gasteiger partial charge in [-0.2, -0.15) is 0 Å². The van der Waals surface area contributed by atoms with Gasteiger partial charge in [0.15, 0.2) is 0 Å². The summed E-state index contributed by atoms with van der Waals surface area (Å²) in [5.41, 5.74) is 0. The molecule has 0 aromatic heterocycles. The molecule has 0 aliphatic rings. The fraction of sp³-hybridized carbons (Fsp3) is 1.00. The Morgan fingerprint density at radius 1 is 0.438 bits per heavy atom. The van der Waals surface area contributed by atoms with Gasteiger partial charge in [0.2, 0.25) is 0 Å². The molecular formula is C12H34I2N2. The summed E-state index contributed by atoms with van der Waals surface area (Å²) in [6.45, 7) is 4.56. The summed E-state index contributed by atoms with van der Waals surface area (Å²) < 4.78 is 0. The van der Waals surface area contributed by atoms with Crippen LogP contribution in [-0.2, 0) is 0 Å². The van der Waals surface area contributed by atoms with Gasteiger partial charge >= 0.3 is 0 Å². The Hall–Kier alpha value is 1.38. The molecule has 0 aromatic rings. The number of halogens is 2. The summed E-state index contributed by atoms with van der Waals surface area (Å²) in [5, 5.41) is 0. The van der Waals surface area contributed by atoms with Gasteiger partial charge in [-0.3, -0.25) is 0 Å². The van der Waals surface area contributed by atoms with E-state index < -0.39 is 0 Å². The van der Waals surface area contributed by atoms with Gasteiger partial charge in [-0.05, 0) is 0 Å². The van der Waals surface area contributed by atoms with Gasteiger partial charge in [-0.15, -0.1) is 48.0 Å². The maximum atomic E-state index is 2.28. The molecule has 0 rings (SSSR count). The van der Waals surface area contributed by atoms with Crippen molar-refractivity contribution in [2.24, 2.45) is 0 Å².